The minimum Gasteiger partial charge on any atom is -0.492 e. The van der Waals surface area contributed by atoms with Gasteiger partial charge in [-0.25, -0.2) is 0 Å². The minimum atomic E-state index is -4.52. The molecule has 0 aliphatic carbocycles. The molecule has 0 aliphatic rings. The smallest absolute Gasteiger partial charge is 0.416 e. The van der Waals surface area contributed by atoms with Crippen LogP contribution in [0.3, 0.4) is 0 Å². The van der Waals surface area contributed by atoms with Gasteiger partial charge in [0.25, 0.3) is 0 Å². The maximum absolute atomic E-state index is 13.0. The second kappa shape index (κ2) is 7.32. The number of halogens is 5. The summed E-state index contributed by atoms with van der Waals surface area (Å²) in [6.45, 7) is 0.146. The molecule has 2 aromatic carbocycles. The highest BCUT2D eigenvalue weighted by molar-refractivity contribution is 9.09. The second-order valence-corrected chi connectivity index (χ2v) is 6.54. The molecule has 3 aromatic rings. The van der Waals surface area contributed by atoms with Crippen LogP contribution in [0.2, 0.25) is 5.02 Å². The number of fused-ring (bicyclic) bond motifs is 1. The van der Waals surface area contributed by atoms with Crippen LogP contribution in [0.1, 0.15) is 5.56 Å². The van der Waals surface area contributed by atoms with Crippen molar-refractivity contribution >= 4 is 38.5 Å². The van der Waals surface area contributed by atoms with E-state index in [0.717, 1.165) is 12.1 Å². The van der Waals surface area contributed by atoms with E-state index in [0.29, 0.717) is 5.33 Å². The molecule has 0 spiro atoms. The molecule has 0 saturated heterocycles. The summed E-state index contributed by atoms with van der Waals surface area (Å²) < 4.78 is 50.1. The molecule has 1 aromatic heterocycles. The van der Waals surface area contributed by atoms with E-state index < -0.39 is 11.7 Å². The molecular formula is C18H11BrClF3O3. The van der Waals surface area contributed by atoms with Crippen molar-refractivity contribution in [2.75, 3.05) is 11.9 Å². The van der Waals surface area contributed by atoms with Gasteiger partial charge in [0, 0.05) is 11.4 Å². The van der Waals surface area contributed by atoms with Crippen LogP contribution in [0.5, 0.6) is 5.75 Å². The standard InChI is InChI=1S/C18H11BrClF3O3/c19-6-7-25-15-8-10(18(21,22)23)4-5-12(15)16-9-14(24)11-2-1-3-13(20)17(11)26-16/h1-5,8-9H,6-7H2. The van der Waals surface area contributed by atoms with Gasteiger partial charge in [0.1, 0.15) is 11.5 Å². The average molecular weight is 448 g/mol. The summed E-state index contributed by atoms with van der Waals surface area (Å²) in [6.07, 6.45) is -4.52. The number of benzene rings is 2. The lowest BCUT2D eigenvalue weighted by Crippen LogP contribution is -2.07. The summed E-state index contributed by atoms with van der Waals surface area (Å²) in [5, 5.41) is 0.947. The molecule has 3 nitrogen and oxygen atoms in total. The predicted molar refractivity (Wildman–Crippen MR) is 97.2 cm³/mol. The monoisotopic (exact) mass is 446 g/mol. The van der Waals surface area contributed by atoms with Crippen molar-refractivity contribution in [2.24, 2.45) is 0 Å². The van der Waals surface area contributed by atoms with Gasteiger partial charge >= 0.3 is 6.18 Å². The maximum atomic E-state index is 13.0. The lowest BCUT2D eigenvalue weighted by atomic mass is 10.1. The van der Waals surface area contributed by atoms with Gasteiger partial charge < -0.3 is 9.15 Å². The van der Waals surface area contributed by atoms with Crippen LogP contribution in [-0.4, -0.2) is 11.9 Å². The molecule has 0 saturated carbocycles. The fourth-order valence-electron chi connectivity index (χ4n) is 2.45. The van der Waals surface area contributed by atoms with Crippen molar-refractivity contribution in [3.8, 4) is 17.1 Å². The zero-order valence-corrected chi connectivity index (χ0v) is 15.4. The summed E-state index contributed by atoms with van der Waals surface area (Å²) in [5.74, 6) is 0.0442. The third kappa shape index (κ3) is 3.73. The van der Waals surface area contributed by atoms with Gasteiger partial charge in [-0.15, -0.1) is 0 Å². The third-order valence-electron chi connectivity index (χ3n) is 3.62. The van der Waals surface area contributed by atoms with E-state index in [1.165, 1.54) is 12.1 Å². The van der Waals surface area contributed by atoms with E-state index in [1.54, 1.807) is 18.2 Å². The Kier molecular flexibility index (Phi) is 5.29. The third-order valence-corrected chi connectivity index (χ3v) is 4.24. The predicted octanol–water partition coefficient (Wildman–Crippen LogP) is 5.91. The highest BCUT2D eigenvalue weighted by Crippen LogP contribution is 2.38. The zero-order valence-electron chi connectivity index (χ0n) is 13.1. The second-order valence-electron chi connectivity index (χ2n) is 5.34. The summed E-state index contributed by atoms with van der Waals surface area (Å²) in [7, 11) is 0. The highest BCUT2D eigenvalue weighted by atomic mass is 79.9. The Bertz CT molecular complexity index is 1010. The fourth-order valence-corrected chi connectivity index (χ4v) is 2.82. The molecule has 0 aliphatic heterocycles. The van der Waals surface area contributed by atoms with Crippen molar-refractivity contribution in [1.82, 2.24) is 0 Å². The Labute approximate surface area is 159 Å². The molecular weight excluding hydrogens is 437 g/mol. The molecule has 26 heavy (non-hydrogen) atoms. The molecule has 0 atom stereocenters. The Morgan fingerprint density at radius 3 is 2.62 bits per heavy atom. The number of ether oxygens (including phenoxy) is 1. The topological polar surface area (TPSA) is 39.4 Å². The normalized spacial score (nSPS) is 11.7. The van der Waals surface area contributed by atoms with E-state index in [1.807, 2.05) is 0 Å². The van der Waals surface area contributed by atoms with Crippen LogP contribution in [0.25, 0.3) is 22.3 Å². The molecule has 0 amide bonds. The van der Waals surface area contributed by atoms with Crippen LogP contribution in [0.4, 0.5) is 13.2 Å². The average Bonchev–Trinajstić information content (AvgIpc) is 2.59. The molecule has 0 radical (unpaired) electrons. The maximum Gasteiger partial charge on any atom is 0.416 e. The van der Waals surface area contributed by atoms with E-state index in [2.05, 4.69) is 15.9 Å². The SMILES string of the molecule is O=c1cc(-c2ccc(C(F)(F)F)cc2OCCBr)oc2c(Cl)cccc12. The Morgan fingerprint density at radius 2 is 1.92 bits per heavy atom. The molecule has 1 heterocycles. The van der Waals surface area contributed by atoms with Crippen molar-refractivity contribution in [1.29, 1.82) is 0 Å². The molecule has 3 rings (SSSR count). The summed E-state index contributed by atoms with van der Waals surface area (Å²) >= 11 is 9.24. The summed E-state index contributed by atoms with van der Waals surface area (Å²) in [5.41, 5.74) is -0.803. The van der Waals surface area contributed by atoms with Gasteiger partial charge in [-0.2, -0.15) is 13.2 Å². The first kappa shape index (κ1) is 18.8. The number of alkyl halides is 4. The molecule has 136 valence electrons. The van der Waals surface area contributed by atoms with Crippen LogP contribution >= 0.6 is 27.5 Å². The Balaban J connectivity index is 2.21. The van der Waals surface area contributed by atoms with Crippen LogP contribution in [-0.2, 0) is 6.18 Å². The first-order chi connectivity index (χ1) is 12.3. The molecule has 0 fully saturated rings. The van der Waals surface area contributed by atoms with Gasteiger partial charge in [-0.05, 0) is 30.3 Å². The van der Waals surface area contributed by atoms with Gasteiger partial charge in [-0.3, -0.25) is 4.79 Å². The highest BCUT2D eigenvalue weighted by Gasteiger charge is 2.31. The largest absolute Gasteiger partial charge is 0.492 e. The minimum absolute atomic E-state index is 0.0335. The Hall–Kier alpha value is -1.99. The van der Waals surface area contributed by atoms with Gasteiger partial charge in [0.05, 0.1) is 28.1 Å². The summed E-state index contributed by atoms with van der Waals surface area (Å²) in [4.78, 5) is 12.3. The number of para-hydroxylation sites is 1. The first-order valence-electron chi connectivity index (χ1n) is 7.44. The molecule has 8 heteroatoms. The number of rotatable bonds is 4. The van der Waals surface area contributed by atoms with E-state index >= 15 is 0 Å². The van der Waals surface area contributed by atoms with E-state index in [9.17, 15) is 18.0 Å². The summed E-state index contributed by atoms with van der Waals surface area (Å²) in [6, 6.07) is 8.96. The van der Waals surface area contributed by atoms with E-state index in [4.69, 9.17) is 20.8 Å². The lowest BCUT2D eigenvalue weighted by molar-refractivity contribution is -0.137. The molecule has 0 unspecified atom stereocenters. The number of hydrogen-bond donors (Lipinski definition) is 0. The molecule has 0 bridgehead atoms. The van der Waals surface area contributed by atoms with Gasteiger partial charge in [0.2, 0.25) is 0 Å². The van der Waals surface area contributed by atoms with Crippen LogP contribution < -0.4 is 10.2 Å². The van der Waals surface area contributed by atoms with Crippen LogP contribution in [0.15, 0.2) is 51.7 Å². The van der Waals surface area contributed by atoms with Crippen LogP contribution in [0, 0.1) is 0 Å². The zero-order chi connectivity index (χ0) is 18.9. The first-order valence-corrected chi connectivity index (χ1v) is 8.94. The number of hydrogen-bond acceptors (Lipinski definition) is 3. The van der Waals surface area contributed by atoms with Crippen molar-refractivity contribution in [3.05, 3.63) is 63.3 Å². The van der Waals surface area contributed by atoms with Gasteiger partial charge in [-0.1, -0.05) is 33.6 Å². The molecule has 0 N–H and O–H groups in total. The quantitative estimate of drug-likeness (QED) is 0.467. The van der Waals surface area contributed by atoms with Crippen molar-refractivity contribution in [3.63, 3.8) is 0 Å². The Morgan fingerprint density at radius 1 is 1.15 bits per heavy atom. The van der Waals surface area contributed by atoms with Crippen molar-refractivity contribution < 1.29 is 22.3 Å². The fraction of sp³-hybridized carbons (Fsp3) is 0.167. The lowest BCUT2D eigenvalue weighted by Gasteiger charge is -2.14. The van der Waals surface area contributed by atoms with Gasteiger partial charge in [0.15, 0.2) is 11.0 Å². The van der Waals surface area contributed by atoms with Crippen molar-refractivity contribution in [2.45, 2.75) is 6.18 Å². The van der Waals surface area contributed by atoms with E-state index in [-0.39, 0.29) is 45.1 Å².